The second kappa shape index (κ2) is 5.18. The third kappa shape index (κ3) is 2.46. The SMILES string of the molecule is NCC(Cc1cscn1)c1ccccc1F. The van der Waals surface area contributed by atoms with Crippen molar-refractivity contribution in [2.45, 2.75) is 12.3 Å². The third-order valence-electron chi connectivity index (χ3n) is 2.57. The van der Waals surface area contributed by atoms with E-state index in [-0.39, 0.29) is 11.7 Å². The van der Waals surface area contributed by atoms with Crippen LogP contribution in [-0.2, 0) is 6.42 Å². The predicted molar refractivity (Wildman–Crippen MR) is 64.0 cm³/mol. The van der Waals surface area contributed by atoms with Crippen molar-refractivity contribution < 1.29 is 4.39 Å². The smallest absolute Gasteiger partial charge is 0.126 e. The molecule has 0 radical (unpaired) electrons. The number of thiazole rings is 1. The highest BCUT2D eigenvalue weighted by molar-refractivity contribution is 7.07. The highest BCUT2D eigenvalue weighted by atomic mass is 32.1. The van der Waals surface area contributed by atoms with Gasteiger partial charge < -0.3 is 5.73 Å². The summed E-state index contributed by atoms with van der Waals surface area (Å²) in [6.45, 7) is 0.429. The van der Waals surface area contributed by atoms with Gasteiger partial charge in [0.15, 0.2) is 0 Å². The Labute approximate surface area is 97.9 Å². The van der Waals surface area contributed by atoms with Crippen LogP contribution in [-0.4, -0.2) is 11.5 Å². The number of aromatic nitrogens is 1. The van der Waals surface area contributed by atoms with Gasteiger partial charge in [0.25, 0.3) is 0 Å². The van der Waals surface area contributed by atoms with Gasteiger partial charge in [0.2, 0.25) is 0 Å². The van der Waals surface area contributed by atoms with Crippen molar-refractivity contribution in [2.24, 2.45) is 5.73 Å². The van der Waals surface area contributed by atoms with E-state index < -0.39 is 0 Å². The maximum Gasteiger partial charge on any atom is 0.126 e. The zero-order valence-corrected chi connectivity index (χ0v) is 9.58. The second-order valence-corrected chi connectivity index (χ2v) is 4.36. The molecule has 16 heavy (non-hydrogen) atoms. The van der Waals surface area contributed by atoms with Gasteiger partial charge in [0.05, 0.1) is 11.2 Å². The van der Waals surface area contributed by atoms with Gasteiger partial charge in [-0.05, 0) is 24.6 Å². The molecule has 1 aromatic heterocycles. The minimum atomic E-state index is -0.187. The van der Waals surface area contributed by atoms with Crippen LogP contribution in [0.5, 0.6) is 0 Å². The lowest BCUT2D eigenvalue weighted by Crippen LogP contribution is -2.16. The molecule has 2 N–H and O–H groups in total. The molecule has 2 rings (SSSR count). The van der Waals surface area contributed by atoms with Gasteiger partial charge in [-0.15, -0.1) is 11.3 Å². The predicted octanol–water partition coefficient (Wildman–Crippen LogP) is 2.57. The van der Waals surface area contributed by atoms with Crippen molar-refractivity contribution in [2.75, 3.05) is 6.54 Å². The quantitative estimate of drug-likeness (QED) is 0.886. The monoisotopic (exact) mass is 236 g/mol. The van der Waals surface area contributed by atoms with Crippen LogP contribution in [0.3, 0.4) is 0 Å². The van der Waals surface area contributed by atoms with Gasteiger partial charge in [-0.2, -0.15) is 0 Å². The number of hydrogen-bond donors (Lipinski definition) is 1. The second-order valence-electron chi connectivity index (χ2n) is 3.64. The lowest BCUT2D eigenvalue weighted by atomic mass is 9.94. The largest absolute Gasteiger partial charge is 0.330 e. The van der Waals surface area contributed by atoms with E-state index in [9.17, 15) is 4.39 Å². The zero-order chi connectivity index (χ0) is 11.4. The standard InChI is InChI=1S/C12H13FN2S/c13-12-4-2-1-3-11(12)9(6-14)5-10-7-16-8-15-10/h1-4,7-9H,5-6,14H2. The average Bonchev–Trinajstić information content (AvgIpc) is 2.80. The number of rotatable bonds is 4. The van der Waals surface area contributed by atoms with Crippen LogP contribution in [0.4, 0.5) is 4.39 Å². The molecule has 2 nitrogen and oxygen atoms in total. The number of hydrogen-bond acceptors (Lipinski definition) is 3. The van der Waals surface area contributed by atoms with Crippen LogP contribution >= 0.6 is 11.3 Å². The van der Waals surface area contributed by atoms with Crippen LogP contribution in [0.1, 0.15) is 17.2 Å². The van der Waals surface area contributed by atoms with Gasteiger partial charge in [0.1, 0.15) is 5.82 Å². The van der Waals surface area contributed by atoms with Crippen molar-refractivity contribution in [3.63, 3.8) is 0 Å². The first-order chi connectivity index (χ1) is 7.81. The van der Waals surface area contributed by atoms with E-state index in [4.69, 9.17) is 5.73 Å². The molecular formula is C12H13FN2S. The fourth-order valence-electron chi connectivity index (χ4n) is 1.72. The first-order valence-corrected chi connectivity index (χ1v) is 6.07. The lowest BCUT2D eigenvalue weighted by Gasteiger charge is -2.14. The molecule has 0 aliphatic rings. The van der Waals surface area contributed by atoms with Gasteiger partial charge in [-0.3, -0.25) is 0 Å². The molecule has 1 atom stereocenters. The molecule has 2 aromatic rings. The maximum atomic E-state index is 13.6. The van der Waals surface area contributed by atoms with E-state index in [1.807, 2.05) is 11.4 Å². The first kappa shape index (κ1) is 11.2. The Hall–Kier alpha value is -1.26. The number of nitrogens with zero attached hydrogens (tertiary/aromatic N) is 1. The third-order valence-corrected chi connectivity index (χ3v) is 3.20. The molecule has 1 aromatic carbocycles. The molecular weight excluding hydrogens is 223 g/mol. The van der Waals surface area contributed by atoms with E-state index in [1.165, 1.54) is 6.07 Å². The van der Waals surface area contributed by atoms with Crippen molar-refractivity contribution >= 4 is 11.3 Å². The van der Waals surface area contributed by atoms with Crippen LogP contribution in [0.25, 0.3) is 0 Å². The highest BCUT2D eigenvalue weighted by Crippen LogP contribution is 2.22. The van der Waals surface area contributed by atoms with E-state index in [1.54, 1.807) is 29.0 Å². The summed E-state index contributed by atoms with van der Waals surface area (Å²) in [5.74, 6) is -0.184. The highest BCUT2D eigenvalue weighted by Gasteiger charge is 2.15. The summed E-state index contributed by atoms with van der Waals surface area (Å²) in [4.78, 5) is 4.20. The lowest BCUT2D eigenvalue weighted by molar-refractivity contribution is 0.574. The summed E-state index contributed by atoms with van der Waals surface area (Å²) in [7, 11) is 0. The van der Waals surface area contributed by atoms with Gasteiger partial charge >= 0.3 is 0 Å². The molecule has 1 unspecified atom stereocenters. The molecule has 0 spiro atoms. The molecule has 0 aliphatic carbocycles. The van der Waals surface area contributed by atoms with Crippen molar-refractivity contribution in [1.82, 2.24) is 4.98 Å². The molecule has 0 aliphatic heterocycles. The average molecular weight is 236 g/mol. The Kier molecular flexibility index (Phi) is 3.64. The van der Waals surface area contributed by atoms with Crippen molar-refractivity contribution in [3.8, 4) is 0 Å². The summed E-state index contributed by atoms with van der Waals surface area (Å²) in [5, 5.41) is 1.98. The van der Waals surface area contributed by atoms with E-state index >= 15 is 0 Å². The van der Waals surface area contributed by atoms with Crippen LogP contribution in [0.15, 0.2) is 35.2 Å². The summed E-state index contributed by atoms with van der Waals surface area (Å²) in [5.41, 5.74) is 9.14. The summed E-state index contributed by atoms with van der Waals surface area (Å²) < 4.78 is 13.6. The number of halogens is 1. The Morgan fingerprint density at radius 1 is 1.38 bits per heavy atom. The fraction of sp³-hybridized carbons (Fsp3) is 0.250. The molecule has 0 saturated heterocycles. The van der Waals surface area contributed by atoms with Crippen molar-refractivity contribution in [1.29, 1.82) is 0 Å². The normalized spacial score (nSPS) is 12.6. The summed E-state index contributed by atoms with van der Waals surface area (Å²) in [6, 6.07) is 6.79. The molecule has 84 valence electrons. The van der Waals surface area contributed by atoms with Gasteiger partial charge in [-0.1, -0.05) is 18.2 Å². The van der Waals surface area contributed by atoms with Gasteiger partial charge in [0, 0.05) is 11.3 Å². The molecule has 0 amide bonds. The Morgan fingerprint density at radius 2 is 2.19 bits per heavy atom. The Balaban J connectivity index is 2.20. The van der Waals surface area contributed by atoms with E-state index in [0.29, 0.717) is 18.5 Å². The van der Waals surface area contributed by atoms with Crippen LogP contribution in [0.2, 0.25) is 0 Å². The Bertz CT molecular complexity index is 442. The molecule has 0 bridgehead atoms. The van der Waals surface area contributed by atoms with E-state index in [2.05, 4.69) is 4.98 Å². The maximum absolute atomic E-state index is 13.6. The zero-order valence-electron chi connectivity index (χ0n) is 8.77. The minimum absolute atomic E-state index is 0.00306. The minimum Gasteiger partial charge on any atom is -0.330 e. The number of nitrogens with two attached hydrogens (primary N) is 1. The topological polar surface area (TPSA) is 38.9 Å². The van der Waals surface area contributed by atoms with Crippen LogP contribution < -0.4 is 5.73 Å². The van der Waals surface area contributed by atoms with Crippen LogP contribution in [0, 0.1) is 5.82 Å². The molecule has 1 heterocycles. The molecule has 0 saturated carbocycles. The Morgan fingerprint density at radius 3 is 2.81 bits per heavy atom. The van der Waals surface area contributed by atoms with E-state index in [0.717, 1.165) is 5.69 Å². The molecule has 4 heteroatoms. The molecule has 0 fully saturated rings. The summed E-state index contributed by atoms with van der Waals surface area (Å²) >= 11 is 1.55. The number of benzene rings is 1. The van der Waals surface area contributed by atoms with Gasteiger partial charge in [-0.25, -0.2) is 9.37 Å². The fourth-order valence-corrected chi connectivity index (χ4v) is 2.29. The van der Waals surface area contributed by atoms with Crippen molar-refractivity contribution in [3.05, 3.63) is 52.2 Å². The summed E-state index contributed by atoms with van der Waals surface area (Å²) in [6.07, 6.45) is 0.695. The first-order valence-electron chi connectivity index (χ1n) is 5.13.